The van der Waals surface area contributed by atoms with E-state index < -0.39 is 11.9 Å². The van der Waals surface area contributed by atoms with Gasteiger partial charge in [-0.3, -0.25) is 0 Å². The van der Waals surface area contributed by atoms with Crippen LogP contribution >= 0.6 is 11.6 Å². The third kappa shape index (κ3) is 3.72. The van der Waals surface area contributed by atoms with Gasteiger partial charge in [0.25, 0.3) is 0 Å². The van der Waals surface area contributed by atoms with Gasteiger partial charge in [0.1, 0.15) is 18.2 Å². The van der Waals surface area contributed by atoms with Crippen molar-refractivity contribution in [1.29, 1.82) is 5.26 Å². The normalized spacial score (nSPS) is 11.8. The molecule has 0 aliphatic heterocycles. The number of nitriles is 1. The highest BCUT2D eigenvalue weighted by atomic mass is 35.5. The highest BCUT2D eigenvalue weighted by Gasteiger charge is 2.09. The number of hydrogen-bond acceptors (Lipinski definition) is 3. The van der Waals surface area contributed by atoms with Crippen molar-refractivity contribution in [3.63, 3.8) is 0 Å². The number of aliphatic hydroxyl groups is 1. The van der Waals surface area contributed by atoms with Crippen LogP contribution in [-0.2, 0) is 6.61 Å². The van der Waals surface area contributed by atoms with Gasteiger partial charge in [0, 0.05) is 5.56 Å². The Balaban J connectivity index is 2.15. The Labute approximate surface area is 127 Å². The number of hydrogen-bond donors (Lipinski definition) is 1. The van der Waals surface area contributed by atoms with Crippen LogP contribution in [0.25, 0.3) is 0 Å². The van der Waals surface area contributed by atoms with Crippen LogP contribution in [0.15, 0.2) is 36.4 Å². The van der Waals surface area contributed by atoms with E-state index in [9.17, 15) is 9.50 Å². The highest BCUT2D eigenvalue weighted by molar-refractivity contribution is 6.32. The molecule has 0 aromatic heterocycles. The molecule has 1 atom stereocenters. The summed E-state index contributed by atoms with van der Waals surface area (Å²) in [7, 11) is 0. The second-order valence-electron chi connectivity index (χ2n) is 4.57. The van der Waals surface area contributed by atoms with E-state index in [4.69, 9.17) is 21.6 Å². The number of aliphatic hydroxyl groups excluding tert-OH is 1. The largest absolute Gasteiger partial charge is 0.487 e. The maximum atomic E-state index is 13.6. The summed E-state index contributed by atoms with van der Waals surface area (Å²) in [5.74, 6) is -0.0476. The van der Waals surface area contributed by atoms with Crippen LogP contribution in [-0.4, -0.2) is 5.11 Å². The summed E-state index contributed by atoms with van der Waals surface area (Å²) in [6.45, 7) is 1.60. The molecule has 0 radical (unpaired) electrons. The zero-order valence-corrected chi connectivity index (χ0v) is 12.1. The highest BCUT2D eigenvalue weighted by Crippen LogP contribution is 2.28. The SMILES string of the molecule is C[C@H](O)c1ccc(OCc2cc(C#N)ccc2F)c(Cl)c1. The summed E-state index contributed by atoms with van der Waals surface area (Å²) >= 11 is 6.06. The van der Waals surface area contributed by atoms with Crippen molar-refractivity contribution < 1.29 is 14.2 Å². The zero-order valence-electron chi connectivity index (χ0n) is 11.3. The molecular weight excluding hydrogens is 293 g/mol. The minimum absolute atomic E-state index is 0.0326. The Bertz CT molecular complexity index is 695. The van der Waals surface area contributed by atoms with Crippen molar-refractivity contribution in [3.8, 4) is 11.8 Å². The van der Waals surface area contributed by atoms with Crippen molar-refractivity contribution in [3.05, 3.63) is 63.9 Å². The van der Waals surface area contributed by atoms with Gasteiger partial charge in [0.2, 0.25) is 0 Å². The average molecular weight is 306 g/mol. The fourth-order valence-electron chi connectivity index (χ4n) is 1.80. The Morgan fingerprint density at radius 2 is 2.10 bits per heavy atom. The number of halogens is 2. The van der Waals surface area contributed by atoms with E-state index in [1.807, 2.05) is 6.07 Å². The summed E-state index contributed by atoms with van der Waals surface area (Å²) < 4.78 is 19.1. The summed E-state index contributed by atoms with van der Waals surface area (Å²) in [6, 6.07) is 10.9. The molecule has 0 fully saturated rings. The van der Waals surface area contributed by atoms with Crippen LogP contribution in [0.2, 0.25) is 5.02 Å². The van der Waals surface area contributed by atoms with Gasteiger partial charge < -0.3 is 9.84 Å². The smallest absolute Gasteiger partial charge is 0.138 e. The number of rotatable bonds is 4. The van der Waals surface area contributed by atoms with Crippen LogP contribution in [0, 0.1) is 17.1 Å². The maximum Gasteiger partial charge on any atom is 0.138 e. The van der Waals surface area contributed by atoms with E-state index in [-0.39, 0.29) is 12.2 Å². The molecule has 3 nitrogen and oxygen atoms in total. The topological polar surface area (TPSA) is 53.2 Å². The molecule has 0 spiro atoms. The Morgan fingerprint density at radius 3 is 2.71 bits per heavy atom. The lowest BCUT2D eigenvalue weighted by Crippen LogP contribution is -2.00. The molecule has 0 aliphatic carbocycles. The first-order chi connectivity index (χ1) is 10.0. The first-order valence-corrected chi connectivity index (χ1v) is 6.68. The molecular formula is C16H13ClFNO2. The van der Waals surface area contributed by atoms with Crippen molar-refractivity contribution in [2.45, 2.75) is 19.6 Å². The molecule has 0 bridgehead atoms. The number of nitrogens with zero attached hydrogens (tertiary/aromatic N) is 1. The quantitative estimate of drug-likeness (QED) is 0.929. The van der Waals surface area contributed by atoms with Gasteiger partial charge >= 0.3 is 0 Å². The summed E-state index contributed by atoms with van der Waals surface area (Å²) in [5.41, 5.74) is 1.32. The minimum atomic E-state index is -0.624. The van der Waals surface area contributed by atoms with Gasteiger partial charge in [0.05, 0.1) is 22.8 Å². The van der Waals surface area contributed by atoms with E-state index in [1.165, 1.54) is 18.2 Å². The lowest BCUT2D eigenvalue weighted by molar-refractivity contribution is 0.199. The molecule has 0 amide bonds. The van der Waals surface area contributed by atoms with Crippen LogP contribution in [0.3, 0.4) is 0 Å². The first-order valence-electron chi connectivity index (χ1n) is 6.30. The van der Waals surface area contributed by atoms with Gasteiger partial charge in [-0.15, -0.1) is 0 Å². The molecule has 1 N–H and O–H groups in total. The third-order valence-corrected chi connectivity index (χ3v) is 3.29. The maximum absolute atomic E-state index is 13.6. The van der Waals surface area contributed by atoms with Crippen LogP contribution < -0.4 is 4.74 Å². The van der Waals surface area contributed by atoms with Crippen LogP contribution in [0.5, 0.6) is 5.75 Å². The second-order valence-corrected chi connectivity index (χ2v) is 4.98. The van der Waals surface area contributed by atoms with Gasteiger partial charge in [-0.25, -0.2) is 4.39 Å². The molecule has 108 valence electrons. The van der Waals surface area contributed by atoms with E-state index in [0.29, 0.717) is 21.9 Å². The van der Waals surface area contributed by atoms with E-state index >= 15 is 0 Å². The second kappa shape index (κ2) is 6.57. The van der Waals surface area contributed by atoms with Gasteiger partial charge in [-0.05, 0) is 42.8 Å². The summed E-state index contributed by atoms with van der Waals surface area (Å²) in [6.07, 6.45) is -0.624. The predicted molar refractivity (Wildman–Crippen MR) is 77.5 cm³/mol. The Kier molecular flexibility index (Phi) is 4.79. The van der Waals surface area contributed by atoms with Gasteiger partial charge in [-0.2, -0.15) is 5.26 Å². The monoisotopic (exact) mass is 305 g/mol. The standard InChI is InChI=1S/C16H13ClFNO2/c1-10(20)12-3-5-16(14(17)7-12)21-9-13-6-11(8-19)2-4-15(13)18/h2-7,10,20H,9H2,1H3/t10-/m0/s1. The fourth-order valence-corrected chi connectivity index (χ4v) is 2.05. The molecule has 2 aromatic carbocycles. The molecule has 5 heteroatoms. The molecule has 0 saturated carbocycles. The lowest BCUT2D eigenvalue weighted by Gasteiger charge is -2.11. The van der Waals surface area contributed by atoms with Crippen molar-refractivity contribution in [2.24, 2.45) is 0 Å². The molecule has 0 unspecified atom stereocenters. The van der Waals surface area contributed by atoms with Gasteiger partial charge in [0.15, 0.2) is 0 Å². The third-order valence-electron chi connectivity index (χ3n) is 3.00. The Morgan fingerprint density at radius 1 is 1.33 bits per heavy atom. The summed E-state index contributed by atoms with van der Waals surface area (Å²) in [5, 5.41) is 18.6. The first kappa shape index (κ1) is 15.3. The van der Waals surface area contributed by atoms with E-state index in [0.717, 1.165) is 0 Å². The van der Waals surface area contributed by atoms with Crippen LogP contribution in [0.1, 0.15) is 29.7 Å². The zero-order chi connectivity index (χ0) is 15.4. The molecule has 21 heavy (non-hydrogen) atoms. The van der Waals surface area contributed by atoms with Crippen molar-refractivity contribution >= 4 is 11.6 Å². The molecule has 0 aliphatic rings. The number of ether oxygens (including phenoxy) is 1. The number of benzene rings is 2. The fraction of sp³-hybridized carbons (Fsp3) is 0.188. The Hall–Kier alpha value is -2.09. The average Bonchev–Trinajstić information content (AvgIpc) is 2.47. The van der Waals surface area contributed by atoms with Crippen LogP contribution in [0.4, 0.5) is 4.39 Å². The molecule has 0 saturated heterocycles. The minimum Gasteiger partial charge on any atom is -0.487 e. The van der Waals surface area contributed by atoms with Crippen molar-refractivity contribution in [2.75, 3.05) is 0 Å². The molecule has 2 rings (SSSR count). The summed E-state index contributed by atoms with van der Waals surface area (Å²) in [4.78, 5) is 0. The lowest BCUT2D eigenvalue weighted by atomic mass is 10.1. The molecule has 0 heterocycles. The van der Waals surface area contributed by atoms with E-state index in [1.54, 1.807) is 25.1 Å². The van der Waals surface area contributed by atoms with Crippen molar-refractivity contribution in [1.82, 2.24) is 0 Å². The predicted octanol–water partition coefficient (Wildman–Crippen LogP) is 3.98. The van der Waals surface area contributed by atoms with Gasteiger partial charge in [-0.1, -0.05) is 17.7 Å². The van der Waals surface area contributed by atoms with E-state index in [2.05, 4.69) is 0 Å². The molecule has 2 aromatic rings.